The number of benzene rings is 2. The fourth-order valence-corrected chi connectivity index (χ4v) is 12.5. The van der Waals surface area contributed by atoms with Crippen LogP contribution in [0.5, 0.6) is 0 Å². The molecule has 1 spiro atoms. The van der Waals surface area contributed by atoms with Gasteiger partial charge in [-0.2, -0.15) is 13.2 Å². The number of halogens is 4. The molecule has 0 radical (unpaired) electrons. The zero-order valence-electron chi connectivity index (χ0n) is 53.1. The van der Waals surface area contributed by atoms with Gasteiger partial charge in [0.1, 0.15) is 41.8 Å². The number of hydrogen-bond donors (Lipinski definition) is 4. The molecule has 0 aromatic heterocycles. The molecule has 4 fully saturated rings. The minimum atomic E-state index is -4.75. The molecule has 2 aromatic rings. The number of carbonyl (C=O) groups excluding carboxylic acids is 11. The summed E-state index contributed by atoms with van der Waals surface area (Å²) in [6.07, 6.45) is -0.498. The number of fused-ring (bicyclic) bond motifs is 1. The summed E-state index contributed by atoms with van der Waals surface area (Å²) in [5, 5.41) is 10.8. The molecule has 2 saturated carbocycles. The van der Waals surface area contributed by atoms with Gasteiger partial charge < -0.3 is 55.6 Å². The number of rotatable bonds is 8. The molecule has 26 heteroatoms. The third-order valence-corrected chi connectivity index (χ3v) is 18.7. The largest absolute Gasteiger partial charge is 0.417 e. The molecule has 2 saturated heterocycles. The summed E-state index contributed by atoms with van der Waals surface area (Å²) in [6, 6.07) is 2.47. The van der Waals surface area contributed by atoms with Crippen LogP contribution >= 0.6 is 11.6 Å². The van der Waals surface area contributed by atoms with Crippen molar-refractivity contribution in [2.45, 2.75) is 179 Å². The van der Waals surface area contributed by atoms with E-state index < -0.39 is 155 Å². The number of amides is 11. The summed E-state index contributed by atoms with van der Waals surface area (Å²) < 4.78 is 41.2. The van der Waals surface area contributed by atoms with Gasteiger partial charge in [-0.05, 0) is 114 Å². The van der Waals surface area contributed by atoms with Crippen molar-refractivity contribution in [3.05, 3.63) is 69.7 Å². The van der Waals surface area contributed by atoms with E-state index in [0.29, 0.717) is 43.2 Å². The minimum Gasteiger partial charge on any atom is -0.351 e. The number of likely N-dealkylation sites (N-methyl/N-ethyl adjacent to an activating group) is 6. The first-order chi connectivity index (χ1) is 41.8. The van der Waals surface area contributed by atoms with Gasteiger partial charge in [0.05, 0.1) is 30.2 Å². The Labute approximate surface area is 524 Å². The smallest absolute Gasteiger partial charge is 0.351 e. The quantitative estimate of drug-likeness (QED) is 0.295. The molecule has 2 aromatic carbocycles. The minimum absolute atomic E-state index is 0.0402. The van der Waals surface area contributed by atoms with E-state index in [0.717, 1.165) is 50.1 Å². The maximum Gasteiger partial charge on any atom is 0.417 e. The first kappa shape index (κ1) is 70.8. The second-order valence-electron chi connectivity index (χ2n) is 25.0. The van der Waals surface area contributed by atoms with E-state index in [1.165, 1.54) is 70.0 Å². The van der Waals surface area contributed by atoms with Crippen molar-refractivity contribution in [1.29, 1.82) is 0 Å². The Balaban J connectivity index is 1.35. The summed E-state index contributed by atoms with van der Waals surface area (Å²) in [4.78, 5) is 166. The Hall–Kier alpha value is -7.31. The highest BCUT2D eigenvalue weighted by molar-refractivity contribution is 6.31. The van der Waals surface area contributed by atoms with E-state index in [9.17, 15) is 65.9 Å². The summed E-state index contributed by atoms with van der Waals surface area (Å²) in [7, 11) is 8.36. The highest BCUT2D eigenvalue weighted by atomic mass is 35.5. The predicted molar refractivity (Wildman–Crippen MR) is 325 cm³/mol. The van der Waals surface area contributed by atoms with Crippen LogP contribution in [0.15, 0.2) is 42.5 Å². The van der Waals surface area contributed by atoms with E-state index in [4.69, 9.17) is 11.6 Å². The van der Waals surface area contributed by atoms with Crippen molar-refractivity contribution in [3.8, 4) is 0 Å². The maximum absolute atomic E-state index is 15.0. The number of hydrogen-bond acceptors (Lipinski definition) is 11. The Kier molecular flexibility index (Phi) is 24.2. The van der Waals surface area contributed by atoms with Gasteiger partial charge in [-0.25, -0.2) is 0 Å². The molecule has 0 bridgehead atoms. The molecular formula is C63H89ClF3N11O11. The summed E-state index contributed by atoms with van der Waals surface area (Å²) in [5.74, 6) is -7.78. The van der Waals surface area contributed by atoms with Crippen LogP contribution in [-0.4, -0.2) is 216 Å². The van der Waals surface area contributed by atoms with E-state index in [2.05, 4.69) is 21.3 Å². The lowest BCUT2D eigenvalue weighted by Gasteiger charge is -2.46. The molecule has 6 rings (SSSR count). The van der Waals surface area contributed by atoms with Gasteiger partial charge >= 0.3 is 6.18 Å². The zero-order valence-corrected chi connectivity index (χ0v) is 53.9. The Morgan fingerprint density at radius 3 is 1.88 bits per heavy atom. The maximum atomic E-state index is 15.0. The van der Waals surface area contributed by atoms with Crippen LogP contribution in [0.3, 0.4) is 0 Å². The van der Waals surface area contributed by atoms with Gasteiger partial charge in [-0.1, -0.05) is 80.6 Å². The average Bonchev–Trinajstić information content (AvgIpc) is 3.49. The third-order valence-electron chi connectivity index (χ3n) is 18.4. The van der Waals surface area contributed by atoms with Crippen LogP contribution in [0.4, 0.5) is 13.2 Å². The summed E-state index contributed by atoms with van der Waals surface area (Å²) in [6.45, 7) is 6.88. The number of nitrogens with zero attached hydrogens (tertiary/aromatic N) is 7. The molecule has 22 nitrogen and oxygen atoms in total. The number of aryl methyl sites for hydroxylation is 2. The molecule has 2 heterocycles. The lowest BCUT2D eigenvalue weighted by Crippen LogP contribution is -2.68. The van der Waals surface area contributed by atoms with E-state index in [1.54, 1.807) is 26.0 Å². The van der Waals surface area contributed by atoms with E-state index in [-0.39, 0.29) is 57.4 Å². The average molecular weight is 1270 g/mol. The van der Waals surface area contributed by atoms with E-state index in [1.807, 2.05) is 26.0 Å². The first-order valence-electron chi connectivity index (χ1n) is 30.7. The first-order valence-corrected chi connectivity index (χ1v) is 31.1. The topological polar surface area (TPSA) is 259 Å². The van der Waals surface area contributed by atoms with Crippen LogP contribution in [0.25, 0.3) is 0 Å². The predicted octanol–water partition coefficient (Wildman–Crippen LogP) is 3.86. The van der Waals surface area contributed by atoms with Gasteiger partial charge in [-0.3, -0.25) is 52.7 Å². The molecule has 2 aliphatic carbocycles. The normalized spacial score (nSPS) is 26.0. The van der Waals surface area contributed by atoms with Crippen molar-refractivity contribution in [2.75, 3.05) is 68.5 Å². The van der Waals surface area contributed by atoms with Crippen molar-refractivity contribution >= 4 is 76.6 Å². The van der Waals surface area contributed by atoms with Crippen molar-refractivity contribution in [1.82, 2.24) is 55.6 Å². The molecule has 8 atom stereocenters. The van der Waals surface area contributed by atoms with Crippen LogP contribution in [0.2, 0.25) is 5.02 Å². The third kappa shape index (κ3) is 17.6. The molecule has 4 aliphatic rings. The molecule has 1 unspecified atom stereocenters. The highest BCUT2D eigenvalue weighted by Gasteiger charge is 2.52. The molecule has 89 heavy (non-hydrogen) atoms. The van der Waals surface area contributed by atoms with Crippen molar-refractivity contribution < 1.29 is 65.9 Å². The van der Waals surface area contributed by atoms with Gasteiger partial charge in [0.15, 0.2) is 0 Å². The van der Waals surface area contributed by atoms with Crippen molar-refractivity contribution in [3.63, 3.8) is 0 Å². The van der Waals surface area contributed by atoms with Crippen LogP contribution < -0.4 is 21.3 Å². The second kappa shape index (κ2) is 30.5. The zero-order chi connectivity index (χ0) is 66.0. The van der Waals surface area contributed by atoms with Crippen LogP contribution in [-0.2, 0) is 71.8 Å². The Bertz CT molecular complexity index is 2960. The highest BCUT2D eigenvalue weighted by Crippen LogP contribution is 2.38. The van der Waals surface area contributed by atoms with Crippen molar-refractivity contribution in [2.24, 2.45) is 11.8 Å². The number of carbonyl (C=O) groups is 11. The lowest BCUT2D eigenvalue weighted by molar-refractivity contribution is -0.152. The van der Waals surface area contributed by atoms with Gasteiger partial charge in [0, 0.05) is 67.7 Å². The summed E-state index contributed by atoms with van der Waals surface area (Å²) in [5.41, 5.74) is -0.663. The fourth-order valence-electron chi connectivity index (χ4n) is 12.2. The monoisotopic (exact) mass is 1270 g/mol. The fraction of sp³-hybridized carbons (Fsp3) is 0.635. The van der Waals surface area contributed by atoms with Gasteiger partial charge in [-0.15, -0.1) is 0 Å². The Morgan fingerprint density at radius 1 is 0.663 bits per heavy atom. The van der Waals surface area contributed by atoms with Gasteiger partial charge in [0.2, 0.25) is 65.0 Å². The van der Waals surface area contributed by atoms with Crippen LogP contribution in [0, 0.1) is 18.8 Å². The molecule has 4 N–H and O–H groups in total. The van der Waals surface area contributed by atoms with Crippen LogP contribution in [0.1, 0.15) is 127 Å². The molecule has 490 valence electrons. The SMILES string of the molecule is CCC(C)[C@@H]1NC(=O)[C@H](C)N(C)C(=O)C[C@@H](C)NC(=O)[C@H](C2CCCC2)N(C)C(=O)C2(CCC2)NC(=O)[C@@H]2CCCN2C(=O)[C@H](CCc2ccc(C(F)(F)F)c(Cl)c2)NC(=O)CN(C)C(=O)[C@H](Cc2ccc(C)cc2)N(C)C(=O)CN(C)C(=O)CN(C)C1=O. The molecule has 11 amide bonds. The lowest BCUT2D eigenvalue weighted by atomic mass is 9.74. The standard InChI is InChI=1S/C63H89ClF3N11O11/c1-12-38(3)53-60(88)74(8)35-51(81)72(6)36-52(82)76(10)48(33-42-22-20-37(2)21-23-42)59(87)73(7)34-49(79)69-46(27-25-41-24-26-44(45(64)32-41)63(65,66)67)58(86)78-30-15-19-47(78)56(84)71-62(28-16-29-62)61(89)77(11)54(43-17-13-14-18-43)57(85)68-39(4)31-50(80)75(9)40(5)55(83)70-53/h20-24,26,32,38-40,43,46-48,53-54H,12-19,25,27-31,33-36H2,1-11H3,(H,68,85)(H,69,79)(H,70,83)(H,71,84)/t38?,39-,40+,46+,47+,48+,53+,54+/m1/s1. The molecule has 2 aliphatic heterocycles. The van der Waals surface area contributed by atoms with E-state index >= 15 is 0 Å². The number of nitrogens with one attached hydrogen (secondary N) is 4. The second-order valence-corrected chi connectivity index (χ2v) is 25.4. The van der Waals surface area contributed by atoms with Gasteiger partial charge in [0.25, 0.3) is 0 Å². The molecular weight excluding hydrogens is 1180 g/mol. The Morgan fingerprint density at radius 2 is 1.28 bits per heavy atom. The summed E-state index contributed by atoms with van der Waals surface area (Å²) >= 11 is 6.10. The number of alkyl halides is 3.